The van der Waals surface area contributed by atoms with Gasteiger partial charge in [0.15, 0.2) is 0 Å². The van der Waals surface area contributed by atoms with E-state index in [1.54, 1.807) is 0 Å². The quantitative estimate of drug-likeness (QED) is 0.405. The van der Waals surface area contributed by atoms with Crippen molar-refractivity contribution in [2.24, 2.45) is 7.05 Å². The second-order valence-electron chi connectivity index (χ2n) is 7.49. The van der Waals surface area contributed by atoms with Gasteiger partial charge in [-0.1, -0.05) is 90.0 Å². The summed E-state index contributed by atoms with van der Waals surface area (Å²) in [5, 5.41) is 0. The molecule has 0 unspecified atom stereocenters. The minimum Gasteiger partial charge on any atom is -0.455 e. The Bertz CT molecular complexity index is 1160. The van der Waals surface area contributed by atoms with Gasteiger partial charge in [-0.05, 0) is 19.4 Å². The topological polar surface area (TPSA) is 44.1 Å². The van der Waals surface area contributed by atoms with Gasteiger partial charge in [-0.25, -0.2) is 9.78 Å². The second kappa shape index (κ2) is 8.37. The van der Waals surface area contributed by atoms with E-state index in [2.05, 4.69) is 50.2 Å². The van der Waals surface area contributed by atoms with Gasteiger partial charge in [0.05, 0.1) is 11.4 Å². The van der Waals surface area contributed by atoms with Crippen molar-refractivity contribution in [1.29, 1.82) is 0 Å². The first kappa shape index (κ1) is 19.6. The molecule has 0 aliphatic carbocycles. The van der Waals surface area contributed by atoms with Crippen LogP contribution < -0.4 is 0 Å². The predicted molar refractivity (Wildman–Crippen MR) is 119 cm³/mol. The first-order chi connectivity index (χ1) is 14.5. The van der Waals surface area contributed by atoms with Crippen LogP contribution in [0.4, 0.5) is 0 Å². The van der Waals surface area contributed by atoms with E-state index in [1.165, 1.54) is 11.1 Å². The van der Waals surface area contributed by atoms with Crippen LogP contribution in [0.3, 0.4) is 0 Å². The number of rotatable bonds is 5. The summed E-state index contributed by atoms with van der Waals surface area (Å²) in [6.07, 6.45) is 0. The van der Waals surface area contributed by atoms with Gasteiger partial charge < -0.3 is 9.30 Å². The molecule has 0 aliphatic rings. The summed E-state index contributed by atoms with van der Waals surface area (Å²) in [6.45, 7) is 4.32. The smallest absolute Gasteiger partial charge is 0.374 e. The highest BCUT2D eigenvalue weighted by Gasteiger charge is 2.23. The SMILES string of the molecule is Cc1ccc(-c2nc(C(=O)OCc3ccccc3)n(C)c2-c2ccc(C)cc2)cc1. The zero-order chi connectivity index (χ0) is 21.1. The third kappa shape index (κ3) is 4.03. The standard InChI is InChI=1S/C26H24N2O2/c1-18-9-13-21(14-10-18)23-24(22-15-11-19(2)12-16-22)28(3)25(27-23)26(29)30-17-20-7-5-4-6-8-20/h4-16H,17H2,1-3H3. The Labute approximate surface area is 176 Å². The van der Waals surface area contributed by atoms with Gasteiger partial charge in [0.1, 0.15) is 6.61 Å². The number of aryl methyl sites for hydroxylation is 2. The number of carbonyl (C=O) groups is 1. The van der Waals surface area contributed by atoms with Crippen molar-refractivity contribution in [3.63, 3.8) is 0 Å². The average molecular weight is 396 g/mol. The fraction of sp³-hybridized carbons (Fsp3) is 0.154. The summed E-state index contributed by atoms with van der Waals surface area (Å²) in [5.74, 6) is -0.148. The van der Waals surface area contributed by atoms with Crippen molar-refractivity contribution in [2.45, 2.75) is 20.5 Å². The summed E-state index contributed by atoms with van der Waals surface area (Å²) in [4.78, 5) is 17.6. The molecule has 0 bridgehead atoms. The van der Waals surface area contributed by atoms with E-state index < -0.39 is 5.97 Å². The third-order valence-electron chi connectivity index (χ3n) is 5.14. The largest absolute Gasteiger partial charge is 0.455 e. The molecule has 4 rings (SSSR count). The van der Waals surface area contributed by atoms with Gasteiger partial charge in [0.2, 0.25) is 5.82 Å². The number of aromatic nitrogens is 2. The molecule has 0 spiro atoms. The number of imidazole rings is 1. The number of esters is 1. The predicted octanol–water partition coefficient (Wildman–Crippen LogP) is 5.73. The average Bonchev–Trinajstić information content (AvgIpc) is 3.11. The molecule has 0 saturated carbocycles. The van der Waals surface area contributed by atoms with E-state index in [1.807, 2.05) is 54.1 Å². The monoisotopic (exact) mass is 396 g/mol. The summed E-state index contributed by atoms with van der Waals surface area (Å²) in [5.41, 5.74) is 6.94. The molecule has 4 heteroatoms. The molecule has 1 aromatic heterocycles. The van der Waals surface area contributed by atoms with Crippen molar-refractivity contribution in [3.05, 3.63) is 101 Å². The molecule has 0 fully saturated rings. The number of nitrogens with zero attached hydrogens (tertiary/aromatic N) is 2. The number of hydrogen-bond acceptors (Lipinski definition) is 3. The van der Waals surface area contributed by atoms with E-state index in [0.29, 0.717) is 0 Å². The van der Waals surface area contributed by atoms with Gasteiger partial charge >= 0.3 is 5.97 Å². The molecule has 4 nitrogen and oxygen atoms in total. The molecule has 0 aliphatic heterocycles. The Hall–Kier alpha value is -3.66. The fourth-order valence-corrected chi connectivity index (χ4v) is 3.42. The Morgan fingerprint density at radius 1 is 0.833 bits per heavy atom. The lowest BCUT2D eigenvalue weighted by Crippen LogP contribution is -2.12. The highest BCUT2D eigenvalue weighted by atomic mass is 16.5. The van der Waals surface area contributed by atoms with Crippen molar-refractivity contribution in [3.8, 4) is 22.5 Å². The van der Waals surface area contributed by atoms with Crippen molar-refractivity contribution >= 4 is 5.97 Å². The minimum atomic E-state index is -0.437. The van der Waals surface area contributed by atoms with Crippen molar-refractivity contribution in [1.82, 2.24) is 9.55 Å². The number of hydrogen-bond donors (Lipinski definition) is 0. The Morgan fingerprint density at radius 2 is 1.40 bits per heavy atom. The molecule has 1 heterocycles. The van der Waals surface area contributed by atoms with Crippen LogP contribution in [0.25, 0.3) is 22.5 Å². The van der Waals surface area contributed by atoms with E-state index in [0.717, 1.165) is 28.1 Å². The molecule has 0 radical (unpaired) electrons. The van der Waals surface area contributed by atoms with E-state index in [9.17, 15) is 4.79 Å². The Balaban J connectivity index is 1.74. The van der Waals surface area contributed by atoms with Crippen LogP contribution in [0, 0.1) is 13.8 Å². The molecular weight excluding hydrogens is 372 g/mol. The molecule has 0 saturated heterocycles. The van der Waals surface area contributed by atoms with Crippen LogP contribution in [0.15, 0.2) is 78.9 Å². The first-order valence-electron chi connectivity index (χ1n) is 9.95. The maximum absolute atomic E-state index is 12.9. The van der Waals surface area contributed by atoms with E-state index in [-0.39, 0.29) is 12.4 Å². The zero-order valence-corrected chi connectivity index (χ0v) is 17.4. The minimum absolute atomic E-state index is 0.215. The third-order valence-corrected chi connectivity index (χ3v) is 5.14. The molecule has 30 heavy (non-hydrogen) atoms. The first-order valence-corrected chi connectivity index (χ1v) is 9.95. The van der Waals surface area contributed by atoms with Crippen molar-refractivity contribution < 1.29 is 9.53 Å². The summed E-state index contributed by atoms with van der Waals surface area (Å²) < 4.78 is 7.38. The molecule has 0 atom stereocenters. The normalized spacial score (nSPS) is 10.8. The Morgan fingerprint density at radius 3 is 2.00 bits per heavy atom. The summed E-state index contributed by atoms with van der Waals surface area (Å²) in [7, 11) is 1.86. The summed E-state index contributed by atoms with van der Waals surface area (Å²) >= 11 is 0. The van der Waals surface area contributed by atoms with Crippen LogP contribution in [0.1, 0.15) is 27.3 Å². The number of ether oxygens (including phenoxy) is 1. The van der Waals surface area contributed by atoms with Crippen LogP contribution in [0.2, 0.25) is 0 Å². The maximum atomic E-state index is 12.9. The maximum Gasteiger partial charge on any atom is 0.374 e. The Kier molecular flexibility index (Phi) is 5.48. The molecule has 3 aromatic carbocycles. The molecule has 0 N–H and O–H groups in total. The van der Waals surface area contributed by atoms with Crippen molar-refractivity contribution in [2.75, 3.05) is 0 Å². The number of carbonyl (C=O) groups excluding carboxylic acids is 1. The molecule has 150 valence electrons. The van der Waals surface area contributed by atoms with Gasteiger partial charge in [-0.3, -0.25) is 0 Å². The second-order valence-corrected chi connectivity index (χ2v) is 7.49. The van der Waals surface area contributed by atoms with Crippen LogP contribution in [0.5, 0.6) is 0 Å². The van der Waals surface area contributed by atoms with Gasteiger partial charge in [0, 0.05) is 18.2 Å². The van der Waals surface area contributed by atoms with Gasteiger partial charge in [-0.15, -0.1) is 0 Å². The number of benzene rings is 3. The summed E-state index contributed by atoms with van der Waals surface area (Å²) in [6, 6.07) is 26.1. The fourth-order valence-electron chi connectivity index (χ4n) is 3.42. The highest BCUT2D eigenvalue weighted by molar-refractivity contribution is 5.90. The van der Waals surface area contributed by atoms with Crippen LogP contribution in [-0.4, -0.2) is 15.5 Å². The van der Waals surface area contributed by atoms with E-state index in [4.69, 9.17) is 9.72 Å². The van der Waals surface area contributed by atoms with Crippen LogP contribution in [-0.2, 0) is 18.4 Å². The van der Waals surface area contributed by atoms with Gasteiger partial charge in [0.25, 0.3) is 0 Å². The lowest BCUT2D eigenvalue weighted by atomic mass is 10.0. The molecule has 4 aromatic rings. The molecule has 0 amide bonds. The van der Waals surface area contributed by atoms with Gasteiger partial charge in [-0.2, -0.15) is 0 Å². The van der Waals surface area contributed by atoms with E-state index >= 15 is 0 Å². The zero-order valence-electron chi connectivity index (χ0n) is 17.4. The van der Waals surface area contributed by atoms with Crippen LogP contribution >= 0.6 is 0 Å². The molecular formula is C26H24N2O2. The highest BCUT2D eigenvalue weighted by Crippen LogP contribution is 2.33. The lowest BCUT2D eigenvalue weighted by Gasteiger charge is -2.09. The lowest BCUT2D eigenvalue weighted by molar-refractivity contribution is 0.0454.